The van der Waals surface area contributed by atoms with Crippen LogP contribution >= 0.6 is 0 Å². The van der Waals surface area contributed by atoms with Crippen molar-refractivity contribution in [2.75, 3.05) is 0 Å². The molecule has 0 fully saturated rings. The number of hydrogen-bond acceptors (Lipinski definition) is 3. The molecule has 0 saturated heterocycles. The Kier molecular flexibility index (Phi) is 37.1. The second-order valence-electron chi connectivity index (χ2n) is 14.5. The zero-order chi connectivity index (χ0) is 33.2. The van der Waals surface area contributed by atoms with Crippen LogP contribution in [0.2, 0.25) is 0 Å². The van der Waals surface area contributed by atoms with Crippen LogP contribution in [0.1, 0.15) is 231 Å². The molecular weight excluding hydrogens is 624 g/mol. The average molecular weight is 701 g/mol. The molecule has 0 saturated carbocycles. The van der Waals surface area contributed by atoms with Crippen molar-refractivity contribution in [3.8, 4) is 0 Å². The molecule has 0 bridgehead atoms. The van der Waals surface area contributed by atoms with Gasteiger partial charge >= 0.3 is 51.4 Å². The van der Waals surface area contributed by atoms with Gasteiger partial charge in [-0.25, -0.2) is 8.42 Å². The van der Waals surface area contributed by atoms with Crippen LogP contribution in [-0.2, 0) is 16.5 Å². The smallest absolute Gasteiger partial charge is 0.744 e. The van der Waals surface area contributed by atoms with Crippen LogP contribution in [0.3, 0.4) is 0 Å². The van der Waals surface area contributed by atoms with Crippen molar-refractivity contribution >= 4 is 10.1 Å². The minimum Gasteiger partial charge on any atom is -0.744 e. The van der Waals surface area contributed by atoms with Gasteiger partial charge in [0.15, 0.2) is 0 Å². The first-order valence-corrected chi connectivity index (χ1v) is 22.0. The molecule has 5 heteroatoms. The molecular formula is C42H77KO3S. The van der Waals surface area contributed by atoms with Crippen molar-refractivity contribution in [2.24, 2.45) is 0 Å². The number of aryl methyl sites for hydroxylation is 1. The van der Waals surface area contributed by atoms with Crippen LogP contribution in [0.4, 0.5) is 0 Å². The standard InChI is InChI=1S/C42H78O3S.K/c1-2-3-4-5-6-7-8-9-10-11-12-13-14-15-16-17-18-19-20-21-22-23-24-25-26-27-28-29-30-31-32-33-34-35-37-41-38-36-39-42(40-41)46(43,44)45;/h36,38-40H,2-35,37H2,1H3,(H,43,44,45);/q;+1/p-1. The Hall–Kier alpha value is 0.766. The fraction of sp³-hybridized carbons (Fsp3) is 0.857. The topological polar surface area (TPSA) is 57.2 Å². The molecule has 0 atom stereocenters. The van der Waals surface area contributed by atoms with Crippen LogP contribution in [-0.4, -0.2) is 13.0 Å². The summed E-state index contributed by atoms with van der Waals surface area (Å²) in [6.45, 7) is 2.30. The van der Waals surface area contributed by atoms with Gasteiger partial charge in [-0.2, -0.15) is 0 Å². The predicted octanol–water partition coefficient (Wildman–Crippen LogP) is 11.4. The van der Waals surface area contributed by atoms with Crippen molar-refractivity contribution < 1.29 is 64.4 Å². The van der Waals surface area contributed by atoms with Crippen LogP contribution in [0, 0.1) is 0 Å². The Balaban J connectivity index is 0.0000212. The molecule has 3 nitrogen and oxygen atoms in total. The van der Waals surface area contributed by atoms with Gasteiger partial charge in [-0.05, 0) is 30.5 Å². The zero-order valence-electron chi connectivity index (χ0n) is 31.7. The van der Waals surface area contributed by atoms with E-state index < -0.39 is 10.1 Å². The first-order valence-electron chi connectivity index (χ1n) is 20.6. The van der Waals surface area contributed by atoms with Gasteiger partial charge in [-0.1, -0.05) is 231 Å². The van der Waals surface area contributed by atoms with Gasteiger partial charge in [0.1, 0.15) is 10.1 Å². The van der Waals surface area contributed by atoms with E-state index in [9.17, 15) is 13.0 Å². The monoisotopic (exact) mass is 701 g/mol. The Labute approximate surface area is 337 Å². The molecule has 0 radical (unpaired) electrons. The summed E-state index contributed by atoms with van der Waals surface area (Å²) in [5, 5.41) is 0. The summed E-state index contributed by atoms with van der Waals surface area (Å²) >= 11 is 0. The molecule has 0 N–H and O–H groups in total. The van der Waals surface area contributed by atoms with Crippen molar-refractivity contribution in [3.05, 3.63) is 29.8 Å². The second kappa shape index (κ2) is 36.6. The largest absolute Gasteiger partial charge is 1.00 e. The van der Waals surface area contributed by atoms with Crippen LogP contribution in [0.5, 0.6) is 0 Å². The fourth-order valence-electron chi connectivity index (χ4n) is 6.92. The molecule has 0 amide bonds. The summed E-state index contributed by atoms with van der Waals surface area (Å²) in [5.41, 5.74) is 0.952. The van der Waals surface area contributed by atoms with E-state index in [1.807, 2.05) is 6.07 Å². The van der Waals surface area contributed by atoms with Crippen molar-refractivity contribution in [1.82, 2.24) is 0 Å². The maximum absolute atomic E-state index is 11.2. The summed E-state index contributed by atoms with van der Waals surface area (Å²) in [5.74, 6) is 0. The van der Waals surface area contributed by atoms with Gasteiger partial charge in [0.05, 0.1) is 4.90 Å². The molecule has 0 aromatic heterocycles. The van der Waals surface area contributed by atoms with Gasteiger partial charge in [-0.15, -0.1) is 0 Å². The van der Waals surface area contributed by atoms with Gasteiger partial charge in [-0.3, -0.25) is 0 Å². The molecule has 1 aromatic rings. The Morgan fingerprint density at radius 3 is 0.936 bits per heavy atom. The predicted molar refractivity (Wildman–Crippen MR) is 201 cm³/mol. The minimum atomic E-state index is -4.35. The number of hydrogen-bond donors (Lipinski definition) is 0. The zero-order valence-corrected chi connectivity index (χ0v) is 35.6. The fourth-order valence-corrected chi connectivity index (χ4v) is 7.46. The number of rotatable bonds is 36. The summed E-state index contributed by atoms with van der Waals surface area (Å²) in [4.78, 5) is -0.105. The quantitative estimate of drug-likeness (QED) is 0.0398. The first kappa shape index (κ1) is 47.8. The first-order chi connectivity index (χ1) is 22.5. The van der Waals surface area contributed by atoms with E-state index >= 15 is 0 Å². The Bertz CT molecular complexity index is 872. The molecule has 0 aliphatic carbocycles. The Morgan fingerprint density at radius 2 is 0.681 bits per heavy atom. The summed E-state index contributed by atoms with van der Waals surface area (Å²) in [6.07, 6.45) is 49.0. The summed E-state index contributed by atoms with van der Waals surface area (Å²) < 4.78 is 33.5. The minimum absolute atomic E-state index is 0. The number of unbranched alkanes of at least 4 members (excludes halogenated alkanes) is 33. The van der Waals surface area contributed by atoms with E-state index in [-0.39, 0.29) is 56.3 Å². The second-order valence-corrected chi connectivity index (χ2v) is 15.9. The molecule has 0 heterocycles. The van der Waals surface area contributed by atoms with Gasteiger partial charge in [0.25, 0.3) is 0 Å². The average Bonchev–Trinajstić information content (AvgIpc) is 3.04. The summed E-state index contributed by atoms with van der Waals surface area (Å²) in [6, 6.07) is 6.50. The molecule has 0 spiro atoms. The van der Waals surface area contributed by atoms with Crippen molar-refractivity contribution in [2.45, 2.75) is 237 Å². The van der Waals surface area contributed by atoms with Crippen molar-refractivity contribution in [3.63, 3.8) is 0 Å². The molecule has 270 valence electrons. The third kappa shape index (κ3) is 33.7. The van der Waals surface area contributed by atoms with Crippen LogP contribution < -0.4 is 51.4 Å². The third-order valence-electron chi connectivity index (χ3n) is 10.0. The van der Waals surface area contributed by atoms with E-state index in [1.165, 1.54) is 224 Å². The van der Waals surface area contributed by atoms with E-state index in [1.54, 1.807) is 6.07 Å². The van der Waals surface area contributed by atoms with E-state index in [0.29, 0.717) is 0 Å². The van der Waals surface area contributed by atoms with Crippen LogP contribution in [0.25, 0.3) is 0 Å². The molecule has 1 rings (SSSR count). The maximum atomic E-state index is 11.2. The molecule has 0 aliphatic rings. The molecule has 0 aliphatic heterocycles. The van der Waals surface area contributed by atoms with Crippen LogP contribution in [0.15, 0.2) is 29.2 Å². The third-order valence-corrected chi connectivity index (χ3v) is 10.8. The van der Waals surface area contributed by atoms with Crippen molar-refractivity contribution in [1.29, 1.82) is 0 Å². The van der Waals surface area contributed by atoms with Gasteiger partial charge < -0.3 is 4.55 Å². The van der Waals surface area contributed by atoms with E-state index in [0.717, 1.165) is 18.4 Å². The number of benzene rings is 1. The van der Waals surface area contributed by atoms with Gasteiger partial charge in [0, 0.05) is 0 Å². The maximum Gasteiger partial charge on any atom is 1.00 e. The van der Waals surface area contributed by atoms with E-state index in [2.05, 4.69) is 6.92 Å². The normalized spacial score (nSPS) is 11.6. The van der Waals surface area contributed by atoms with Gasteiger partial charge in [0.2, 0.25) is 0 Å². The molecule has 47 heavy (non-hydrogen) atoms. The SMILES string of the molecule is CCCCCCCCCCCCCCCCCCCCCCCCCCCCCCCCCCCCc1cccc(S(=O)(=O)[O-])c1.[K+]. The summed E-state index contributed by atoms with van der Waals surface area (Å²) in [7, 11) is -4.35. The molecule has 1 aromatic carbocycles. The van der Waals surface area contributed by atoms with E-state index in [4.69, 9.17) is 0 Å². The molecule has 0 unspecified atom stereocenters. The Morgan fingerprint density at radius 1 is 0.426 bits per heavy atom.